The molecule has 1 fully saturated rings. The number of nitrogens with one attached hydrogen (secondary N) is 2. The standard InChI is InChI=1S/C11H15N3O3/c15-10(7-4-2-1-3-5-7)12-9-6-8(11(16)17)13-14-9/h6-7H,1-5H2,(H,16,17)(H2,12,13,14,15). The van der Waals surface area contributed by atoms with E-state index >= 15 is 0 Å². The third-order valence-electron chi connectivity index (χ3n) is 3.04. The number of anilines is 1. The van der Waals surface area contributed by atoms with Gasteiger partial charge in [-0.15, -0.1) is 0 Å². The summed E-state index contributed by atoms with van der Waals surface area (Å²) in [5.74, 6) is -0.837. The SMILES string of the molecule is O=C(O)c1cc(NC(=O)C2CCCCC2)n[nH]1. The van der Waals surface area contributed by atoms with E-state index < -0.39 is 5.97 Å². The highest BCUT2D eigenvalue weighted by atomic mass is 16.4. The molecule has 2 rings (SSSR count). The van der Waals surface area contributed by atoms with Crippen LogP contribution in [0.2, 0.25) is 0 Å². The van der Waals surface area contributed by atoms with Gasteiger partial charge in [0.15, 0.2) is 5.82 Å². The Bertz CT molecular complexity index is 421. The average molecular weight is 237 g/mol. The number of carboxylic acid groups (broad SMARTS) is 1. The molecule has 0 aliphatic heterocycles. The lowest BCUT2D eigenvalue weighted by Gasteiger charge is -2.19. The van der Waals surface area contributed by atoms with Crippen LogP contribution in [0.4, 0.5) is 5.82 Å². The van der Waals surface area contributed by atoms with Gasteiger partial charge in [0, 0.05) is 12.0 Å². The van der Waals surface area contributed by atoms with Crippen molar-refractivity contribution in [1.29, 1.82) is 0 Å². The summed E-state index contributed by atoms with van der Waals surface area (Å²) in [7, 11) is 0. The zero-order valence-corrected chi connectivity index (χ0v) is 9.40. The van der Waals surface area contributed by atoms with E-state index in [1.54, 1.807) is 0 Å². The minimum absolute atomic E-state index is 0.0241. The number of nitrogens with zero attached hydrogens (tertiary/aromatic N) is 1. The van der Waals surface area contributed by atoms with Crippen LogP contribution < -0.4 is 5.32 Å². The Morgan fingerprint density at radius 3 is 2.65 bits per heavy atom. The fourth-order valence-electron chi connectivity index (χ4n) is 2.09. The first-order chi connectivity index (χ1) is 8.16. The Balaban J connectivity index is 1.94. The van der Waals surface area contributed by atoms with Crippen molar-refractivity contribution in [2.75, 3.05) is 5.32 Å². The third kappa shape index (κ3) is 2.83. The van der Waals surface area contributed by atoms with E-state index in [1.165, 1.54) is 12.5 Å². The van der Waals surface area contributed by atoms with E-state index in [-0.39, 0.29) is 23.3 Å². The van der Waals surface area contributed by atoms with Crippen LogP contribution in [0, 0.1) is 5.92 Å². The number of carboxylic acids is 1. The molecule has 0 radical (unpaired) electrons. The van der Waals surface area contributed by atoms with Crippen molar-refractivity contribution in [3.8, 4) is 0 Å². The van der Waals surface area contributed by atoms with Crippen molar-refractivity contribution < 1.29 is 14.7 Å². The molecular weight excluding hydrogens is 222 g/mol. The summed E-state index contributed by atoms with van der Waals surface area (Å²) in [6, 6.07) is 1.32. The first-order valence-electron chi connectivity index (χ1n) is 5.76. The molecule has 1 amide bonds. The van der Waals surface area contributed by atoms with E-state index in [2.05, 4.69) is 15.5 Å². The third-order valence-corrected chi connectivity index (χ3v) is 3.04. The summed E-state index contributed by atoms with van der Waals surface area (Å²) in [4.78, 5) is 22.5. The number of hydrogen-bond acceptors (Lipinski definition) is 3. The fourth-order valence-corrected chi connectivity index (χ4v) is 2.09. The Kier molecular flexibility index (Phi) is 3.41. The zero-order chi connectivity index (χ0) is 12.3. The van der Waals surface area contributed by atoms with Gasteiger partial charge in [0.25, 0.3) is 0 Å². The van der Waals surface area contributed by atoms with Gasteiger partial charge in [-0.2, -0.15) is 5.10 Å². The molecule has 0 spiro atoms. The summed E-state index contributed by atoms with van der Waals surface area (Å²) in [5, 5.41) is 17.4. The zero-order valence-electron chi connectivity index (χ0n) is 9.40. The summed E-state index contributed by atoms with van der Waals surface area (Å²) < 4.78 is 0. The van der Waals surface area contributed by atoms with Crippen molar-refractivity contribution in [2.24, 2.45) is 5.92 Å². The Morgan fingerprint density at radius 1 is 1.35 bits per heavy atom. The van der Waals surface area contributed by atoms with Crippen molar-refractivity contribution >= 4 is 17.7 Å². The molecular formula is C11H15N3O3. The second-order valence-corrected chi connectivity index (χ2v) is 4.30. The van der Waals surface area contributed by atoms with Crippen LogP contribution in [0.5, 0.6) is 0 Å². The molecule has 1 heterocycles. The Labute approximate surface area is 98.4 Å². The highest BCUT2D eigenvalue weighted by Crippen LogP contribution is 2.24. The number of rotatable bonds is 3. The molecule has 1 aromatic heterocycles. The Hall–Kier alpha value is -1.85. The first kappa shape index (κ1) is 11.6. The van der Waals surface area contributed by atoms with E-state index in [9.17, 15) is 9.59 Å². The average Bonchev–Trinajstić information content (AvgIpc) is 2.79. The van der Waals surface area contributed by atoms with Gasteiger partial charge < -0.3 is 10.4 Å². The van der Waals surface area contributed by atoms with Crippen molar-refractivity contribution in [1.82, 2.24) is 10.2 Å². The molecule has 0 atom stereocenters. The molecule has 1 aromatic rings. The van der Waals surface area contributed by atoms with Gasteiger partial charge in [-0.1, -0.05) is 19.3 Å². The number of aromatic amines is 1. The summed E-state index contributed by atoms with van der Waals surface area (Å²) in [6.07, 6.45) is 5.16. The quantitative estimate of drug-likeness (QED) is 0.744. The van der Waals surface area contributed by atoms with Gasteiger partial charge in [-0.05, 0) is 12.8 Å². The number of H-pyrrole nitrogens is 1. The van der Waals surface area contributed by atoms with E-state index in [0.717, 1.165) is 25.7 Å². The molecule has 1 saturated carbocycles. The van der Waals surface area contributed by atoms with Crippen LogP contribution in [0.25, 0.3) is 0 Å². The number of carbonyl (C=O) groups excluding carboxylic acids is 1. The normalized spacial score (nSPS) is 16.7. The van der Waals surface area contributed by atoms with E-state index in [4.69, 9.17) is 5.11 Å². The van der Waals surface area contributed by atoms with Crippen LogP contribution in [0.1, 0.15) is 42.6 Å². The maximum absolute atomic E-state index is 11.8. The van der Waals surface area contributed by atoms with Gasteiger partial charge in [0.05, 0.1) is 0 Å². The maximum atomic E-state index is 11.8. The molecule has 17 heavy (non-hydrogen) atoms. The van der Waals surface area contributed by atoms with Crippen LogP contribution in [0.15, 0.2) is 6.07 Å². The number of carbonyl (C=O) groups is 2. The lowest BCUT2D eigenvalue weighted by molar-refractivity contribution is -0.120. The van der Waals surface area contributed by atoms with Gasteiger partial charge in [0.1, 0.15) is 5.69 Å². The second-order valence-electron chi connectivity index (χ2n) is 4.30. The maximum Gasteiger partial charge on any atom is 0.353 e. The first-order valence-corrected chi connectivity index (χ1v) is 5.76. The molecule has 1 aliphatic rings. The van der Waals surface area contributed by atoms with Gasteiger partial charge in [-0.25, -0.2) is 4.79 Å². The molecule has 6 nitrogen and oxygen atoms in total. The predicted molar refractivity (Wildman–Crippen MR) is 60.8 cm³/mol. The molecule has 1 aliphatic carbocycles. The highest BCUT2D eigenvalue weighted by Gasteiger charge is 2.21. The summed E-state index contributed by atoms with van der Waals surface area (Å²) in [5.41, 5.74) is -0.0241. The molecule has 6 heteroatoms. The highest BCUT2D eigenvalue weighted by molar-refractivity contribution is 5.93. The van der Waals surface area contributed by atoms with Crippen LogP contribution in [0.3, 0.4) is 0 Å². The van der Waals surface area contributed by atoms with Gasteiger partial charge >= 0.3 is 5.97 Å². The monoisotopic (exact) mass is 237 g/mol. The lowest BCUT2D eigenvalue weighted by Crippen LogP contribution is -2.24. The second kappa shape index (κ2) is 4.99. The topological polar surface area (TPSA) is 95.1 Å². The van der Waals surface area contributed by atoms with Gasteiger partial charge in [-0.3, -0.25) is 9.89 Å². The molecule has 0 aromatic carbocycles. The minimum Gasteiger partial charge on any atom is -0.477 e. The van der Waals surface area contributed by atoms with Crippen LogP contribution in [-0.4, -0.2) is 27.2 Å². The minimum atomic E-state index is -1.09. The molecule has 3 N–H and O–H groups in total. The van der Waals surface area contributed by atoms with Crippen LogP contribution >= 0.6 is 0 Å². The van der Waals surface area contributed by atoms with Crippen molar-refractivity contribution in [3.05, 3.63) is 11.8 Å². The lowest BCUT2D eigenvalue weighted by atomic mass is 9.89. The number of hydrogen-bond donors (Lipinski definition) is 3. The molecule has 92 valence electrons. The molecule has 0 bridgehead atoms. The van der Waals surface area contributed by atoms with Crippen LogP contribution in [-0.2, 0) is 4.79 Å². The summed E-state index contributed by atoms with van der Waals surface area (Å²) in [6.45, 7) is 0. The fraction of sp³-hybridized carbons (Fsp3) is 0.545. The number of amides is 1. The molecule has 0 saturated heterocycles. The predicted octanol–water partition coefficient (Wildman–Crippen LogP) is 1.63. The summed E-state index contributed by atoms with van der Waals surface area (Å²) >= 11 is 0. The number of aromatic carboxylic acids is 1. The smallest absolute Gasteiger partial charge is 0.353 e. The van der Waals surface area contributed by atoms with Gasteiger partial charge in [0.2, 0.25) is 5.91 Å². The number of aromatic nitrogens is 2. The van der Waals surface area contributed by atoms with Crippen molar-refractivity contribution in [2.45, 2.75) is 32.1 Å². The molecule has 0 unspecified atom stereocenters. The van der Waals surface area contributed by atoms with E-state index in [1.807, 2.05) is 0 Å². The van der Waals surface area contributed by atoms with Crippen molar-refractivity contribution in [3.63, 3.8) is 0 Å². The largest absolute Gasteiger partial charge is 0.477 e. The Morgan fingerprint density at radius 2 is 2.06 bits per heavy atom. The van der Waals surface area contributed by atoms with E-state index in [0.29, 0.717) is 0 Å².